The smallest absolute Gasteiger partial charge is 0.410 e. The SMILES string of the molecule is CCOC(=O)[C@H]1CN(C(=O)OC(C)(C)C)CC[C@@H]1NC(C)c1ccccc1. The Bertz CT molecular complexity index is 627. The van der Waals surface area contributed by atoms with Crippen molar-refractivity contribution in [3.05, 3.63) is 35.9 Å². The first-order chi connectivity index (χ1) is 12.7. The fraction of sp³-hybridized carbons (Fsp3) is 0.619. The number of nitrogens with one attached hydrogen (secondary N) is 1. The summed E-state index contributed by atoms with van der Waals surface area (Å²) in [6.07, 6.45) is 0.284. The van der Waals surface area contributed by atoms with Crippen molar-refractivity contribution in [1.82, 2.24) is 10.2 Å². The standard InChI is InChI=1S/C21H32N2O4/c1-6-26-19(24)17-14-23(20(25)27-21(3,4)5)13-12-18(17)22-15(2)16-10-8-7-9-11-16/h7-11,15,17-18,22H,6,12-14H2,1-5H3/t15?,17-,18-/m0/s1. The highest BCUT2D eigenvalue weighted by molar-refractivity contribution is 5.76. The van der Waals surface area contributed by atoms with Gasteiger partial charge >= 0.3 is 12.1 Å². The number of carbonyl (C=O) groups is 2. The highest BCUT2D eigenvalue weighted by Crippen LogP contribution is 2.24. The largest absolute Gasteiger partial charge is 0.466 e. The number of amides is 1. The molecule has 1 unspecified atom stereocenters. The molecule has 6 heteroatoms. The van der Waals surface area contributed by atoms with Gasteiger partial charge in [-0.15, -0.1) is 0 Å². The average molecular weight is 376 g/mol. The van der Waals surface area contributed by atoms with E-state index in [0.29, 0.717) is 26.1 Å². The van der Waals surface area contributed by atoms with Crippen molar-refractivity contribution < 1.29 is 19.1 Å². The van der Waals surface area contributed by atoms with Crippen molar-refractivity contribution in [3.63, 3.8) is 0 Å². The maximum atomic E-state index is 12.5. The third-order valence-corrected chi connectivity index (χ3v) is 4.62. The third-order valence-electron chi connectivity index (χ3n) is 4.62. The number of benzene rings is 1. The van der Waals surface area contributed by atoms with Gasteiger partial charge in [-0.25, -0.2) is 4.79 Å². The minimum absolute atomic E-state index is 0.0575. The van der Waals surface area contributed by atoms with Gasteiger partial charge in [0, 0.05) is 25.2 Å². The van der Waals surface area contributed by atoms with Crippen LogP contribution in [0.15, 0.2) is 30.3 Å². The Morgan fingerprint density at radius 1 is 1.26 bits per heavy atom. The Hall–Kier alpha value is -2.08. The molecule has 1 amide bonds. The molecule has 1 aromatic carbocycles. The number of likely N-dealkylation sites (tertiary alicyclic amines) is 1. The molecule has 1 fully saturated rings. The van der Waals surface area contributed by atoms with Crippen LogP contribution >= 0.6 is 0 Å². The fourth-order valence-electron chi connectivity index (χ4n) is 3.29. The second-order valence-corrected chi connectivity index (χ2v) is 7.98. The summed E-state index contributed by atoms with van der Waals surface area (Å²) in [6, 6.07) is 10.2. The van der Waals surface area contributed by atoms with Crippen LogP contribution in [0.3, 0.4) is 0 Å². The Morgan fingerprint density at radius 2 is 1.93 bits per heavy atom. The van der Waals surface area contributed by atoms with Gasteiger partial charge in [0.05, 0.1) is 12.5 Å². The van der Waals surface area contributed by atoms with E-state index in [1.54, 1.807) is 11.8 Å². The van der Waals surface area contributed by atoms with E-state index in [9.17, 15) is 9.59 Å². The number of rotatable bonds is 5. The lowest BCUT2D eigenvalue weighted by atomic mass is 9.91. The van der Waals surface area contributed by atoms with Crippen molar-refractivity contribution >= 4 is 12.1 Å². The number of esters is 1. The van der Waals surface area contributed by atoms with Gasteiger partial charge in [-0.1, -0.05) is 30.3 Å². The van der Waals surface area contributed by atoms with E-state index >= 15 is 0 Å². The number of hydrogen-bond donors (Lipinski definition) is 1. The van der Waals surface area contributed by atoms with Crippen LogP contribution in [-0.2, 0) is 14.3 Å². The van der Waals surface area contributed by atoms with E-state index in [-0.39, 0.29) is 24.1 Å². The second-order valence-electron chi connectivity index (χ2n) is 7.98. The van der Waals surface area contributed by atoms with E-state index in [1.807, 2.05) is 39.0 Å². The van der Waals surface area contributed by atoms with Gasteiger partial charge in [0.1, 0.15) is 5.60 Å². The molecule has 0 aliphatic carbocycles. The second kappa shape index (κ2) is 9.22. The van der Waals surface area contributed by atoms with Gasteiger partial charge in [-0.2, -0.15) is 0 Å². The first-order valence-corrected chi connectivity index (χ1v) is 9.67. The monoisotopic (exact) mass is 376 g/mol. The molecule has 0 aromatic heterocycles. The Balaban J connectivity index is 2.08. The molecule has 27 heavy (non-hydrogen) atoms. The topological polar surface area (TPSA) is 67.9 Å². The zero-order valence-corrected chi connectivity index (χ0v) is 17.0. The molecule has 1 aliphatic heterocycles. The summed E-state index contributed by atoms with van der Waals surface area (Å²) in [4.78, 5) is 26.6. The summed E-state index contributed by atoms with van der Waals surface area (Å²) in [5.74, 6) is -0.694. The summed E-state index contributed by atoms with van der Waals surface area (Å²) in [5.41, 5.74) is 0.600. The number of carbonyl (C=O) groups excluding carboxylic acids is 2. The van der Waals surface area contributed by atoms with Gasteiger partial charge in [-0.05, 0) is 46.6 Å². The lowest BCUT2D eigenvalue weighted by Gasteiger charge is -2.39. The van der Waals surface area contributed by atoms with Gasteiger partial charge in [0.15, 0.2) is 0 Å². The van der Waals surface area contributed by atoms with Crippen molar-refractivity contribution in [1.29, 1.82) is 0 Å². The molecule has 0 saturated carbocycles. The van der Waals surface area contributed by atoms with Crippen LogP contribution in [0.25, 0.3) is 0 Å². The number of ether oxygens (including phenoxy) is 2. The molecule has 0 radical (unpaired) electrons. The summed E-state index contributed by atoms with van der Waals surface area (Å²) in [6.45, 7) is 10.6. The van der Waals surface area contributed by atoms with E-state index in [4.69, 9.17) is 9.47 Å². The Kier molecular flexibility index (Phi) is 7.25. The lowest BCUT2D eigenvalue weighted by Crippen LogP contribution is -2.55. The van der Waals surface area contributed by atoms with Gasteiger partial charge < -0.3 is 19.7 Å². The zero-order valence-electron chi connectivity index (χ0n) is 17.0. The molecule has 1 saturated heterocycles. The van der Waals surface area contributed by atoms with Crippen LogP contribution in [0.2, 0.25) is 0 Å². The molecule has 3 atom stereocenters. The number of nitrogens with zero attached hydrogens (tertiary/aromatic N) is 1. The van der Waals surface area contributed by atoms with Gasteiger partial charge in [-0.3, -0.25) is 4.79 Å². The highest BCUT2D eigenvalue weighted by atomic mass is 16.6. The summed E-state index contributed by atoms with van der Waals surface area (Å²) in [5, 5.41) is 3.55. The predicted molar refractivity (Wildman–Crippen MR) is 104 cm³/mol. The lowest BCUT2D eigenvalue weighted by molar-refractivity contribution is -0.151. The average Bonchev–Trinajstić information content (AvgIpc) is 2.61. The summed E-state index contributed by atoms with van der Waals surface area (Å²) >= 11 is 0. The van der Waals surface area contributed by atoms with E-state index in [0.717, 1.165) is 5.56 Å². The van der Waals surface area contributed by atoms with Crippen LogP contribution in [0.4, 0.5) is 4.79 Å². The molecule has 2 rings (SSSR count). The Labute approximate surface area is 162 Å². The molecule has 1 aromatic rings. The van der Waals surface area contributed by atoms with Gasteiger partial charge in [0.25, 0.3) is 0 Å². The van der Waals surface area contributed by atoms with Crippen molar-refractivity contribution in [2.75, 3.05) is 19.7 Å². The number of hydrogen-bond acceptors (Lipinski definition) is 5. The maximum Gasteiger partial charge on any atom is 0.410 e. The van der Waals surface area contributed by atoms with E-state index in [1.165, 1.54) is 0 Å². The van der Waals surface area contributed by atoms with Crippen LogP contribution < -0.4 is 5.32 Å². The fourth-order valence-corrected chi connectivity index (χ4v) is 3.29. The predicted octanol–water partition coefficient (Wildman–Crippen LogP) is 3.53. The zero-order chi connectivity index (χ0) is 20.0. The van der Waals surface area contributed by atoms with E-state index < -0.39 is 11.5 Å². The third kappa shape index (κ3) is 6.24. The normalized spacial score (nSPS) is 21.4. The van der Waals surface area contributed by atoms with Crippen LogP contribution in [0, 0.1) is 5.92 Å². The minimum atomic E-state index is -0.562. The van der Waals surface area contributed by atoms with Crippen LogP contribution in [0.1, 0.15) is 52.6 Å². The summed E-state index contributed by atoms with van der Waals surface area (Å²) < 4.78 is 10.7. The quantitative estimate of drug-likeness (QED) is 0.797. The van der Waals surface area contributed by atoms with Crippen molar-refractivity contribution in [3.8, 4) is 0 Å². The van der Waals surface area contributed by atoms with Crippen LogP contribution in [0.5, 0.6) is 0 Å². The van der Waals surface area contributed by atoms with Crippen molar-refractivity contribution in [2.45, 2.75) is 58.7 Å². The number of piperidine rings is 1. The van der Waals surface area contributed by atoms with Gasteiger partial charge in [0.2, 0.25) is 0 Å². The highest BCUT2D eigenvalue weighted by Gasteiger charge is 2.38. The molecule has 1 aliphatic rings. The molecular weight excluding hydrogens is 344 g/mol. The maximum absolute atomic E-state index is 12.5. The first kappa shape index (κ1) is 21.2. The molecule has 1 N–H and O–H groups in total. The van der Waals surface area contributed by atoms with E-state index in [2.05, 4.69) is 24.4 Å². The minimum Gasteiger partial charge on any atom is -0.466 e. The first-order valence-electron chi connectivity index (χ1n) is 9.67. The summed E-state index contributed by atoms with van der Waals surface area (Å²) in [7, 11) is 0. The molecule has 1 heterocycles. The molecular formula is C21H32N2O4. The van der Waals surface area contributed by atoms with Crippen molar-refractivity contribution in [2.24, 2.45) is 5.92 Å². The molecule has 150 valence electrons. The molecule has 6 nitrogen and oxygen atoms in total. The Morgan fingerprint density at radius 3 is 2.52 bits per heavy atom. The molecule has 0 spiro atoms. The molecule has 0 bridgehead atoms. The van der Waals surface area contributed by atoms with Crippen LogP contribution in [-0.4, -0.2) is 48.3 Å².